The van der Waals surface area contributed by atoms with Crippen LogP contribution in [0.25, 0.3) is 22.9 Å². The monoisotopic (exact) mass is 450 g/mol. The van der Waals surface area contributed by atoms with Gasteiger partial charge in [-0.3, -0.25) is 4.68 Å². The average molecular weight is 450 g/mol. The summed E-state index contributed by atoms with van der Waals surface area (Å²) in [5.41, 5.74) is 2.04. The molecule has 0 saturated heterocycles. The minimum Gasteiger partial charge on any atom is -0.480 e. The molecule has 4 rings (SSSR count). The van der Waals surface area contributed by atoms with Gasteiger partial charge in [0.15, 0.2) is 5.82 Å². The largest absolute Gasteiger partial charge is 0.480 e. The Labute approximate surface area is 189 Å². The van der Waals surface area contributed by atoms with Crippen LogP contribution in [0.4, 0.5) is 10.2 Å². The fraction of sp³-hybridized carbons (Fsp3) is 0.261. The molecule has 4 aromatic rings. The average Bonchev–Trinajstić information content (AvgIpc) is 3.45. The molecule has 0 unspecified atom stereocenters. The van der Waals surface area contributed by atoms with Crippen molar-refractivity contribution in [3.63, 3.8) is 0 Å². The topological polar surface area (TPSA) is 110 Å². The standard InChI is InChI=1S/C23H23FN6O3/c1-14(2)21(23(31)32)29(3)20-8-10-25-22(26-20)18-12-19(17-9-11-33-28-17)30(27-18)13-15-6-4-5-7-16(15)24/h4-12,14,21H,13H2,1-3H3,(H,31,32)/t21-/m0/s1. The maximum Gasteiger partial charge on any atom is 0.326 e. The number of benzene rings is 1. The van der Waals surface area contributed by atoms with Gasteiger partial charge in [-0.25, -0.2) is 19.2 Å². The predicted octanol–water partition coefficient (Wildman–Crippen LogP) is 3.73. The number of nitrogens with zero attached hydrogens (tertiary/aromatic N) is 6. The Morgan fingerprint density at radius 1 is 1.21 bits per heavy atom. The Morgan fingerprint density at radius 3 is 2.67 bits per heavy atom. The summed E-state index contributed by atoms with van der Waals surface area (Å²) in [5, 5.41) is 18.2. The summed E-state index contributed by atoms with van der Waals surface area (Å²) in [7, 11) is 1.68. The molecule has 170 valence electrons. The molecule has 0 aliphatic carbocycles. The third kappa shape index (κ3) is 4.59. The van der Waals surface area contributed by atoms with Crippen LogP contribution in [0.15, 0.2) is 59.4 Å². The van der Waals surface area contributed by atoms with Crippen molar-refractivity contribution < 1.29 is 18.8 Å². The number of aromatic nitrogens is 5. The first-order valence-electron chi connectivity index (χ1n) is 10.4. The van der Waals surface area contributed by atoms with Gasteiger partial charge in [-0.05, 0) is 24.1 Å². The SMILES string of the molecule is CC(C)[C@@H](C(=O)O)N(C)c1ccnc(-c2cc(-c3ccon3)n(Cc3ccccc3F)n2)n1. The van der Waals surface area contributed by atoms with E-state index < -0.39 is 12.0 Å². The Hall–Kier alpha value is -4.08. The van der Waals surface area contributed by atoms with E-state index in [1.54, 1.807) is 59.2 Å². The zero-order chi connectivity index (χ0) is 23.5. The highest BCUT2D eigenvalue weighted by molar-refractivity contribution is 5.78. The molecule has 0 aliphatic rings. The smallest absolute Gasteiger partial charge is 0.326 e. The number of likely N-dealkylation sites (N-methyl/N-ethyl adjacent to an activating group) is 1. The van der Waals surface area contributed by atoms with Crippen molar-refractivity contribution in [1.29, 1.82) is 0 Å². The minimum atomic E-state index is -0.935. The van der Waals surface area contributed by atoms with Crippen LogP contribution in [0.5, 0.6) is 0 Å². The van der Waals surface area contributed by atoms with Crippen molar-refractivity contribution in [2.75, 3.05) is 11.9 Å². The first-order valence-corrected chi connectivity index (χ1v) is 10.4. The first kappa shape index (κ1) is 22.1. The number of carboxylic acids is 1. The second-order valence-electron chi connectivity index (χ2n) is 7.93. The molecule has 1 N–H and O–H groups in total. The number of hydrogen-bond acceptors (Lipinski definition) is 7. The van der Waals surface area contributed by atoms with Gasteiger partial charge in [-0.2, -0.15) is 5.10 Å². The van der Waals surface area contributed by atoms with Crippen LogP contribution >= 0.6 is 0 Å². The summed E-state index contributed by atoms with van der Waals surface area (Å²) in [4.78, 5) is 22.2. The Balaban J connectivity index is 1.73. The van der Waals surface area contributed by atoms with E-state index in [1.807, 2.05) is 13.8 Å². The van der Waals surface area contributed by atoms with E-state index in [0.717, 1.165) is 0 Å². The van der Waals surface area contributed by atoms with Crippen molar-refractivity contribution in [2.45, 2.75) is 26.4 Å². The van der Waals surface area contributed by atoms with Gasteiger partial charge >= 0.3 is 5.97 Å². The highest BCUT2D eigenvalue weighted by Gasteiger charge is 2.27. The predicted molar refractivity (Wildman–Crippen MR) is 119 cm³/mol. The van der Waals surface area contributed by atoms with Gasteiger partial charge in [0.2, 0.25) is 0 Å². The van der Waals surface area contributed by atoms with E-state index in [1.165, 1.54) is 12.3 Å². The molecule has 0 radical (unpaired) electrons. The van der Waals surface area contributed by atoms with Gasteiger partial charge in [0.1, 0.15) is 35.3 Å². The number of carbonyl (C=O) groups is 1. The molecular formula is C23H23FN6O3. The van der Waals surface area contributed by atoms with Crippen LogP contribution < -0.4 is 4.90 Å². The Bertz CT molecular complexity index is 1250. The highest BCUT2D eigenvalue weighted by atomic mass is 19.1. The second kappa shape index (κ2) is 9.19. The molecule has 0 fully saturated rings. The number of anilines is 1. The third-order valence-electron chi connectivity index (χ3n) is 5.29. The van der Waals surface area contributed by atoms with Crippen molar-refractivity contribution >= 4 is 11.8 Å². The van der Waals surface area contributed by atoms with Crippen molar-refractivity contribution in [3.8, 4) is 22.9 Å². The quantitative estimate of drug-likeness (QED) is 0.432. The molecule has 9 nitrogen and oxygen atoms in total. The molecule has 0 amide bonds. The van der Waals surface area contributed by atoms with Gasteiger partial charge in [-0.15, -0.1) is 0 Å². The Kier molecular flexibility index (Phi) is 6.16. The lowest BCUT2D eigenvalue weighted by Gasteiger charge is -2.28. The summed E-state index contributed by atoms with van der Waals surface area (Å²) in [6.45, 7) is 3.85. The minimum absolute atomic E-state index is 0.135. The highest BCUT2D eigenvalue weighted by Crippen LogP contribution is 2.26. The van der Waals surface area contributed by atoms with Crippen LogP contribution in [0, 0.1) is 11.7 Å². The number of aliphatic carboxylic acids is 1. The summed E-state index contributed by atoms with van der Waals surface area (Å²) < 4.78 is 20.9. The lowest BCUT2D eigenvalue weighted by atomic mass is 10.0. The molecule has 0 bridgehead atoms. The lowest BCUT2D eigenvalue weighted by molar-refractivity contribution is -0.139. The number of carboxylic acid groups (broad SMARTS) is 1. The summed E-state index contributed by atoms with van der Waals surface area (Å²) >= 11 is 0. The maximum absolute atomic E-state index is 14.3. The molecule has 1 atom stereocenters. The fourth-order valence-electron chi connectivity index (χ4n) is 3.69. The van der Waals surface area contributed by atoms with Gasteiger partial charge in [0.05, 0.1) is 12.2 Å². The number of halogens is 1. The van der Waals surface area contributed by atoms with Crippen LogP contribution in [0.2, 0.25) is 0 Å². The third-order valence-corrected chi connectivity index (χ3v) is 5.29. The van der Waals surface area contributed by atoms with Gasteiger partial charge in [-0.1, -0.05) is 37.2 Å². The zero-order valence-corrected chi connectivity index (χ0v) is 18.4. The molecule has 1 aromatic carbocycles. The molecule has 3 heterocycles. The van der Waals surface area contributed by atoms with Gasteiger partial charge in [0.25, 0.3) is 0 Å². The molecule has 0 spiro atoms. The van der Waals surface area contributed by atoms with Crippen molar-refractivity contribution in [1.82, 2.24) is 24.9 Å². The van der Waals surface area contributed by atoms with Gasteiger partial charge < -0.3 is 14.5 Å². The van der Waals surface area contributed by atoms with Gasteiger partial charge in [0, 0.05) is 24.9 Å². The summed E-state index contributed by atoms with van der Waals surface area (Å²) in [6, 6.07) is 10.8. The van der Waals surface area contributed by atoms with E-state index in [2.05, 4.69) is 20.2 Å². The van der Waals surface area contributed by atoms with E-state index >= 15 is 0 Å². The maximum atomic E-state index is 14.3. The molecular weight excluding hydrogens is 427 g/mol. The lowest BCUT2D eigenvalue weighted by Crippen LogP contribution is -2.43. The van der Waals surface area contributed by atoms with Crippen LogP contribution in [0.1, 0.15) is 19.4 Å². The number of hydrogen-bond donors (Lipinski definition) is 1. The van der Waals surface area contributed by atoms with Crippen LogP contribution in [-0.4, -0.2) is 49.1 Å². The van der Waals surface area contributed by atoms with E-state index in [4.69, 9.17) is 4.52 Å². The van der Waals surface area contributed by atoms with Crippen LogP contribution in [0.3, 0.4) is 0 Å². The number of rotatable bonds is 8. The van der Waals surface area contributed by atoms with Crippen LogP contribution in [-0.2, 0) is 11.3 Å². The van der Waals surface area contributed by atoms with E-state index in [0.29, 0.717) is 34.3 Å². The van der Waals surface area contributed by atoms with E-state index in [9.17, 15) is 14.3 Å². The van der Waals surface area contributed by atoms with Crippen molar-refractivity contribution in [2.24, 2.45) is 5.92 Å². The molecule has 3 aromatic heterocycles. The zero-order valence-electron chi connectivity index (χ0n) is 18.4. The normalized spacial score (nSPS) is 12.2. The molecule has 10 heteroatoms. The van der Waals surface area contributed by atoms with Crippen molar-refractivity contribution in [3.05, 3.63) is 66.3 Å². The summed E-state index contributed by atoms with van der Waals surface area (Å²) in [5.74, 6) is -0.647. The Morgan fingerprint density at radius 2 is 2.00 bits per heavy atom. The fourth-order valence-corrected chi connectivity index (χ4v) is 3.69. The van der Waals surface area contributed by atoms with E-state index in [-0.39, 0.29) is 18.3 Å². The second-order valence-corrected chi connectivity index (χ2v) is 7.93. The first-order chi connectivity index (χ1) is 15.8. The molecule has 33 heavy (non-hydrogen) atoms. The molecule has 0 saturated carbocycles. The molecule has 0 aliphatic heterocycles. The summed E-state index contributed by atoms with van der Waals surface area (Å²) in [6.07, 6.45) is 3.00.